The first-order valence-electron chi connectivity index (χ1n) is 9.13. The van der Waals surface area contributed by atoms with Gasteiger partial charge in [0, 0.05) is 26.2 Å². The van der Waals surface area contributed by atoms with Crippen molar-refractivity contribution in [3.8, 4) is 0 Å². The highest BCUT2D eigenvalue weighted by Gasteiger charge is 2.34. The number of hydrogen-bond donors (Lipinski definition) is 1. The van der Waals surface area contributed by atoms with Gasteiger partial charge in [-0.2, -0.15) is 4.31 Å². The van der Waals surface area contributed by atoms with E-state index < -0.39 is 22.0 Å². The molecule has 0 bridgehead atoms. The maximum atomic E-state index is 12.6. The van der Waals surface area contributed by atoms with Crippen LogP contribution in [0.5, 0.6) is 0 Å². The van der Waals surface area contributed by atoms with Crippen molar-refractivity contribution in [3.05, 3.63) is 35.9 Å². The Bertz CT molecular complexity index is 782. The van der Waals surface area contributed by atoms with Gasteiger partial charge in [-0.25, -0.2) is 8.42 Å². The number of amides is 1. The Balaban J connectivity index is 0.00000280. The third-order valence-electron chi connectivity index (χ3n) is 5.16. The molecule has 0 saturated carbocycles. The molecule has 2 fully saturated rings. The van der Waals surface area contributed by atoms with Gasteiger partial charge in [-0.05, 0) is 24.9 Å². The zero-order valence-electron chi connectivity index (χ0n) is 15.6. The van der Waals surface area contributed by atoms with Crippen molar-refractivity contribution in [2.75, 3.05) is 39.3 Å². The highest BCUT2D eigenvalue weighted by molar-refractivity contribution is 7.88. The SMILES string of the molecule is Cl.O=C(O)[C@@H]1CCCN1CC(=O)N1CCN(S(=O)(=O)Cc2ccccc2)CC1. The van der Waals surface area contributed by atoms with E-state index in [1.54, 1.807) is 21.9 Å². The lowest BCUT2D eigenvalue weighted by atomic mass is 10.2. The number of hydrogen-bond acceptors (Lipinski definition) is 5. The van der Waals surface area contributed by atoms with Gasteiger partial charge < -0.3 is 10.0 Å². The van der Waals surface area contributed by atoms with Gasteiger partial charge in [-0.1, -0.05) is 30.3 Å². The Hall–Kier alpha value is -1.68. The van der Waals surface area contributed by atoms with Crippen molar-refractivity contribution in [3.63, 3.8) is 0 Å². The molecule has 0 spiro atoms. The van der Waals surface area contributed by atoms with E-state index in [0.717, 1.165) is 12.0 Å². The van der Waals surface area contributed by atoms with Crippen LogP contribution in [0.15, 0.2) is 30.3 Å². The van der Waals surface area contributed by atoms with Gasteiger partial charge >= 0.3 is 5.97 Å². The number of benzene rings is 1. The number of carboxylic acids is 1. The monoisotopic (exact) mass is 431 g/mol. The lowest BCUT2D eigenvalue weighted by Gasteiger charge is -2.35. The summed E-state index contributed by atoms with van der Waals surface area (Å²) in [6.45, 7) is 1.88. The number of likely N-dealkylation sites (tertiary alicyclic amines) is 1. The van der Waals surface area contributed by atoms with Gasteiger partial charge in [0.15, 0.2) is 0 Å². The molecule has 1 N–H and O–H groups in total. The third-order valence-corrected chi connectivity index (χ3v) is 7.01. The summed E-state index contributed by atoms with van der Waals surface area (Å²) in [4.78, 5) is 27.1. The summed E-state index contributed by atoms with van der Waals surface area (Å²) in [5, 5.41) is 9.21. The van der Waals surface area contributed by atoms with Gasteiger partial charge in [0.25, 0.3) is 0 Å². The van der Waals surface area contributed by atoms with Crippen molar-refractivity contribution in [1.29, 1.82) is 0 Å². The molecular formula is C18H26ClN3O5S. The molecular weight excluding hydrogens is 406 g/mol. The molecule has 2 aliphatic heterocycles. The maximum Gasteiger partial charge on any atom is 0.320 e. The van der Waals surface area contributed by atoms with E-state index in [2.05, 4.69) is 0 Å². The topological polar surface area (TPSA) is 98.2 Å². The summed E-state index contributed by atoms with van der Waals surface area (Å²) in [5.41, 5.74) is 0.741. The third kappa shape index (κ3) is 5.44. The highest BCUT2D eigenvalue weighted by Crippen LogP contribution is 2.18. The van der Waals surface area contributed by atoms with E-state index in [0.29, 0.717) is 26.1 Å². The molecule has 1 atom stereocenters. The number of carboxylic acid groups (broad SMARTS) is 1. The standard InChI is InChI=1S/C18H25N3O5S.ClH/c22-17(13-20-8-4-7-16(20)18(23)24)19-9-11-21(12-10-19)27(25,26)14-15-5-2-1-3-6-15;/h1-3,5-6,16H,4,7-14H2,(H,23,24);1H/t16-;/m0./s1. The minimum atomic E-state index is -3.42. The van der Waals surface area contributed by atoms with Crippen molar-refractivity contribution in [1.82, 2.24) is 14.1 Å². The second-order valence-electron chi connectivity index (χ2n) is 6.99. The molecule has 3 rings (SSSR count). The normalized spacial score (nSPS) is 21.3. The van der Waals surface area contributed by atoms with Gasteiger partial charge in [-0.3, -0.25) is 14.5 Å². The molecule has 2 aliphatic rings. The quantitative estimate of drug-likeness (QED) is 0.709. The first-order chi connectivity index (χ1) is 12.9. The van der Waals surface area contributed by atoms with E-state index in [-0.39, 0.29) is 43.7 Å². The molecule has 1 aromatic carbocycles. The largest absolute Gasteiger partial charge is 0.480 e. The Morgan fingerprint density at radius 1 is 1.04 bits per heavy atom. The lowest BCUT2D eigenvalue weighted by Crippen LogP contribution is -2.53. The van der Waals surface area contributed by atoms with Crippen molar-refractivity contribution in [2.24, 2.45) is 0 Å². The fourth-order valence-electron chi connectivity index (χ4n) is 3.66. The smallest absolute Gasteiger partial charge is 0.320 e. The molecule has 156 valence electrons. The summed E-state index contributed by atoms with van der Waals surface area (Å²) in [6, 6.07) is 8.43. The number of piperazine rings is 1. The lowest BCUT2D eigenvalue weighted by molar-refractivity contribution is -0.143. The number of carbonyl (C=O) groups is 2. The minimum Gasteiger partial charge on any atom is -0.480 e. The van der Waals surface area contributed by atoms with E-state index >= 15 is 0 Å². The maximum absolute atomic E-state index is 12.6. The fourth-order valence-corrected chi connectivity index (χ4v) is 5.18. The van der Waals surface area contributed by atoms with Crippen LogP contribution in [0, 0.1) is 0 Å². The van der Waals surface area contributed by atoms with Crippen molar-refractivity contribution < 1.29 is 23.1 Å². The average Bonchev–Trinajstić information content (AvgIpc) is 3.11. The average molecular weight is 432 g/mol. The summed E-state index contributed by atoms with van der Waals surface area (Å²) < 4.78 is 26.6. The molecule has 0 aromatic heterocycles. The Morgan fingerprint density at radius 2 is 1.68 bits per heavy atom. The molecule has 0 unspecified atom stereocenters. The Morgan fingerprint density at radius 3 is 2.29 bits per heavy atom. The molecule has 1 amide bonds. The first-order valence-corrected chi connectivity index (χ1v) is 10.7. The van der Waals surface area contributed by atoms with Crippen LogP contribution in [0.25, 0.3) is 0 Å². The van der Waals surface area contributed by atoms with Crippen LogP contribution in [0.3, 0.4) is 0 Å². The molecule has 10 heteroatoms. The summed E-state index contributed by atoms with van der Waals surface area (Å²) >= 11 is 0. The van der Waals surface area contributed by atoms with Crippen LogP contribution in [0.4, 0.5) is 0 Å². The number of carbonyl (C=O) groups excluding carboxylic acids is 1. The van der Waals surface area contributed by atoms with Gasteiger partial charge in [0.05, 0.1) is 12.3 Å². The number of sulfonamides is 1. The number of aliphatic carboxylic acids is 1. The van der Waals surface area contributed by atoms with Gasteiger partial charge in [0.2, 0.25) is 15.9 Å². The second-order valence-corrected chi connectivity index (χ2v) is 8.96. The second kappa shape index (κ2) is 9.69. The van der Waals surface area contributed by atoms with Crippen molar-refractivity contribution in [2.45, 2.75) is 24.6 Å². The fraction of sp³-hybridized carbons (Fsp3) is 0.556. The molecule has 8 nitrogen and oxygen atoms in total. The van der Waals surface area contributed by atoms with Gasteiger partial charge in [0.1, 0.15) is 6.04 Å². The molecule has 0 aliphatic carbocycles. The van der Waals surface area contributed by atoms with Crippen LogP contribution in [0.2, 0.25) is 0 Å². The summed E-state index contributed by atoms with van der Waals surface area (Å²) in [7, 11) is -3.42. The Kier molecular flexibility index (Phi) is 7.82. The molecule has 2 heterocycles. The minimum absolute atomic E-state index is 0. The van der Waals surface area contributed by atoms with Gasteiger partial charge in [-0.15, -0.1) is 12.4 Å². The zero-order chi connectivity index (χ0) is 19.4. The number of nitrogens with zero attached hydrogens (tertiary/aromatic N) is 3. The highest BCUT2D eigenvalue weighted by atomic mass is 35.5. The van der Waals surface area contributed by atoms with Crippen LogP contribution in [0.1, 0.15) is 18.4 Å². The van der Waals surface area contributed by atoms with E-state index in [4.69, 9.17) is 0 Å². The van der Waals surface area contributed by atoms with Crippen LogP contribution >= 0.6 is 12.4 Å². The zero-order valence-corrected chi connectivity index (χ0v) is 17.2. The molecule has 1 aromatic rings. The van der Waals surface area contributed by atoms with E-state index in [9.17, 15) is 23.1 Å². The van der Waals surface area contributed by atoms with Crippen LogP contribution < -0.4 is 0 Å². The number of halogens is 1. The van der Waals surface area contributed by atoms with E-state index in [1.165, 1.54) is 4.31 Å². The number of rotatable bonds is 6. The Labute approximate surface area is 171 Å². The predicted octanol–water partition coefficient (Wildman–Crippen LogP) is 0.631. The first kappa shape index (κ1) is 22.6. The predicted molar refractivity (Wildman–Crippen MR) is 107 cm³/mol. The summed E-state index contributed by atoms with van der Waals surface area (Å²) in [5.74, 6) is -1.07. The molecule has 28 heavy (non-hydrogen) atoms. The summed E-state index contributed by atoms with van der Waals surface area (Å²) in [6.07, 6.45) is 1.34. The molecule has 2 saturated heterocycles. The van der Waals surface area contributed by atoms with Crippen LogP contribution in [-0.4, -0.2) is 84.8 Å². The molecule has 0 radical (unpaired) electrons. The van der Waals surface area contributed by atoms with E-state index in [1.807, 2.05) is 18.2 Å². The van der Waals surface area contributed by atoms with Crippen molar-refractivity contribution >= 4 is 34.3 Å². The van der Waals surface area contributed by atoms with Crippen LogP contribution in [-0.2, 0) is 25.4 Å².